The van der Waals surface area contributed by atoms with E-state index in [0.717, 1.165) is 64.2 Å². The number of allylic oxidation sites excluding steroid dienone is 7. The molecule has 0 saturated carbocycles. The first-order valence-electron chi connectivity index (χ1n) is 36.4. The number of ether oxygens (including phenoxy) is 3. The lowest BCUT2D eigenvalue weighted by molar-refractivity contribution is -0.305. The highest BCUT2D eigenvalue weighted by Gasteiger charge is 2.47. The molecule has 6 N–H and O–H groups in total. The molecule has 498 valence electrons. The number of amides is 1. The maximum absolute atomic E-state index is 13.5. The minimum Gasteiger partial charge on any atom is -0.454 e. The second kappa shape index (κ2) is 61.8. The monoisotopic (exact) mass is 1200 g/mol. The summed E-state index contributed by atoms with van der Waals surface area (Å²) in [7, 11) is 0. The van der Waals surface area contributed by atoms with Gasteiger partial charge in [-0.1, -0.05) is 307 Å². The average molecular weight is 1200 g/mol. The van der Waals surface area contributed by atoms with Crippen LogP contribution in [0.15, 0.2) is 48.6 Å². The first-order valence-corrected chi connectivity index (χ1v) is 36.4. The van der Waals surface area contributed by atoms with Crippen LogP contribution in [0.2, 0.25) is 0 Å². The fourth-order valence-corrected chi connectivity index (χ4v) is 11.4. The molecule has 11 nitrogen and oxygen atoms in total. The van der Waals surface area contributed by atoms with Gasteiger partial charge in [0.15, 0.2) is 12.4 Å². The summed E-state index contributed by atoms with van der Waals surface area (Å²) in [6.45, 7) is 5.81. The molecule has 11 heteroatoms. The van der Waals surface area contributed by atoms with Crippen LogP contribution in [0.3, 0.4) is 0 Å². The highest BCUT2D eigenvalue weighted by molar-refractivity contribution is 5.80. The lowest BCUT2D eigenvalue weighted by Gasteiger charge is -2.41. The Morgan fingerprint density at radius 2 is 0.812 bits per heavy atom. The number of aliphatic hydroxyl groups excluding tert-OH is 5. The van der Waals surface area contributed by atoms with E-state index in [1.165, 1.54) is 238 Å². The van der Waals surface area contributed by atoms with Gasteiger partial charge in [0.1, 0.15) is 24.4 Å². The Kier molecular flexibility index (Phi) is 58.7. The zero-order valence-electron chi connectivity index (χ0n) is 55.5. The molecule has 1 saturated heterocycles. The lowest BCUT2D eigenvalue weighted by atomic mass is 9.99. The maximum Gasteiger partial charge on any atom is 0.306 e. The third-order valence-corrected chi connectivity index (χ3v) is 17.2. The van der Waals surface area contributed by atoms with Crippen molar-refractivity contribution in [2.45, 2.75) is 397 Å². The Hall–Kier alpha value is -2.38. The van der Waals surface area contributed by atoms with Crippen molar-refractivity contribution in [2.24, 2.45) is 0 Å². The molecule has 85 heavy (non-hydrogen) atoms. The molecule has 0 bridgehead atoms. The summed E-state index contributed by atoms with van der Waals surface area (Å²) in [6.07, 6.45) is 67.2. The summed E-state index contributed by atoms with van der Waals surface area (Å²) in [4.78, 5) is 26.7. The zero-order chi connectivity index (χ0) is 61.7. The van der Waals surface area contributed by atoms with E-state index in [1.54, 1.807) is 6.08 Å². The van der Waals surface area contributed by atoms with Crippen molar-refractivity contribution in [2.75, 3.05) is 13.2 Å². The van der Waals surface area contributed by atoms with Crippen molar-refractivity contribution >= 4 is 11.9 Å². The number of carbonyl (C=O) groups excluding carboxylic acids is 2. The zero-order valence-corrected chi connectivity index (χ0v) is 55.5. The van der Waals surface area contributed by atoms with Crippen LogP contribution in [0.5, 0.6) is 0 Å². The van der Waals surface area contributed by atoms with E-state index in [-0.39, 0.29) is 13.0 Å². The van der Waals surface area contributed by atoms with Crippen LogP contribution >= 0.6 is 0 Å². The molecule has 0 radical (unpaired) electrons. The standard InChI is InChI=1S/C74H137NO10/c1-4-7-10-13-16-19-22-25-27-29-31-33-34-35-37-39-41-44-47-50-53-56-59-62-69(79)85-72-71(81)70(80)68(63-76)84-74(72)83-64-65(66(77)60-57-54-51-48-45-42-24-21-18-15-12-9-6-3)75-73(82)67(78)61-58-55-52-49-46-43-40-38-36-32-30-28-26-23-20-17-14-11-8-5-2/h16,19,25-28,57,60,65-68,70-72,74,76-78,80-81H,4-15,17-18,20-24,29-56,58-59,61-64H2,1-3H3,(H,75,82)/b19-16-,27-25-,28-26+,60-57+. The summed E-state index contributed by atoms with van der Waals surface area (Å²) in [5.74, 6) is -1.18. The smallest absolute Gasteiger partial charge is 0.306 e. The van der Waals surface area contributed by atoms with Gasteiger partial charge in [0.2, 0.25) is 5.91 Å². The second-order valence-corrected chi connectivity index (χ2v) is 25.3. The van der Waals surface area contributed by atoms with Gasteiger partial charge >= 0.3 is 5.97 Å². The van der Waals surface area contributed by atoms with E-state index in [1.807, 2.05) is 6.08 Å². The van der Waals surface area contributed by atoms with Gasteiger partial charge in [0, 0.05) is 6.42 Å². The van der Waals surface area contributed by atoms with Crippen LogP contribution in [0.1, 0.15) is 348 Å². The molecule has 0 aromatic rings. The van der Waals surface area contributed by atoms with Crippen LogP contribution in [0, 0.1) is 0 Å². The molecule has 0 aromatic heterocycles. The number of rotatable bonds is 63. The first-order chi connectivity index (χ1) is 41.7. The molecule has 1 aliphatic rings. The number of unbranched alkanes of at least 4 members (excludes halogenated alkanes) is 43. The Morgan fingerprint density at radius 3 is 1.24 bits per heavy atom. The molecule has 8 atom stereocenters. The third kappa shape index (κ3) is 49.1. The van der Waals surface area contributed by atoms with E-state index in [4.69, 9.17) is 14.2 Å². The van der Waals surface area contributed by atoms with E-state index in [0.29, 0.717) is 19.3 Å². The topological polar surface area (TPSA) is 175 Å². The van der Waals surface area contributed by atoms with Crippen molar-refractivity contribution in [1.29, 1.82) is 0 Å². The number of esters is 1. The van der Waals surface area contributed by atoms with Crippen LogP contribution in [-0.2, 0) is 23.8 Å². The SMILES string of the molecule is CCCCC/C=C\C/C=C\CCCCCCCCCCCCCCCC(=O)OC1C(OCC(NC(=O)C(O)CCCCCCCCCCCC/C=C/CCCCCCCC)C(O)/C=C/CCCCCCCCCCCCC)OC(CO)C(O)C1O. The molecular formula is C74H137NO10. The van der Waals surface area contributed by atoms with Crippen molar-refractivity contribution < 1.29 is 49.3 Å². The van der Waals surface area contributed by atoms with Crippen molar-refractivity contribution in [1.82, 2.24) is 5.32 Å². The summed E-state index contributed by atoms with van der Waals surface area (Å²) < 4.78 is 17.7. The Bertz CT molecular complexity index is 1570. The third-order valence-electron chi connectivity index (χ3n) is 17.2. The molecule has 0 aromatic carbocycles. The number of hydrogen-bond donors (Lipinski definition) is 6. The summed E-state index contributed by atoms with van der Waals surface area (Å²) >= 11 is 0. The Balaban J connectivity index is 2.58. The van der Waals surface area contributed by atoms with Crippen molar-refractivity contribution in [3.05, 3.63) is 48.6 Å². The highest BCUT2D eigenvalue weighted by Crippen LogP contribution is 2.26. The maximum atomic E-state index is 13.5. The largest absolute Gasteiger partial charge is 0.454 e. The molecule has 1 rings (SSSR count). The number of hydrogen-bond acceptors (Lipinski definition) is 10. The number of aliphatic hydroxyl groups is 5. The van der Waals surface area contributed by atoms with Gasteiger partial charge < -0.3 is 45.1 Å². The fourth-order valence-electron chi connectivity index (χ4n) is 11.4. The minimum absolute atomic E-state index is 0.124. The summed E-state index contributed by atoms with van der Waals surface area (Å²) in [5, 5.41) is 57.3. The number of carbonyl (C=O) groups is 2. The fraction of sp³-hybridized carbons (Fsp3) is 0.865. The molecule has 1 fully saturated rings. The van der Waals surface area contributed by atoms with Crippen LogP contribution < -0.4 is 5.32 Å². The van der Waals surface area contributed by atoms with Gasteiger partial charge in [0.05, 0.1) is 25.4 Å². The predicted octanol–water partition coefficient (Wildman–Crippen LogP) is 18.7. The molecule has 1 aliphatic heterocycles. The molecule has 1 amide bonds. The molecule has 0 aliphatic carbocycles. The van der Waals surface area contributed by atoms with Crippen LogP contribution in [0.4, 0.5) is 0 Å². The summed E-state index contributed by atoms with van der Waals surface area (Å²) in [5.41, 5.74) is 0. The van der Waals surface area contributed by atoms with Gasteiger partial charge in [-0.25, -0.2) is 0 Å². The van der Waals surface area contributed by atoms with Crippen molar-refractivity contribution in [3.63, 3.8) is 0 Å². The first kappa shape index (κ1) is 80.6. The molecule has 8 unspecified atom stereocenters. The predicted molar refractivity (Wildman–Crippen MR) is 357 cm³/mol. The van der Waals surface area contributed by atoms with E-state index >= 15 is 0 Å². The van der Waals surface area contributed by atoms with Crippen molar-refractivity contribution in [3.8, 4) is 0 Å². The van der Waals surface area contributed by atoms with E-state index in [2.05, 4.69) is 62.5 Å². The highest BCUT2D eigenvalue weighted by atomic mass is 16.7. The Morgan fingerprint density at radius 1 is 0.459 bits per heavy atom. The minimum atomic E-state index is -1.61. The normalized spacial score (nSPS) is 18.6. The van der Waals surface area contributed by atoms with Gasteiger partial charge in [-0.05, 0) is 83.5 Å². The van der Waals surface area contributed by atoms with Gasteiger partial charge in [-0.3, -0.25) is 9.59 Å². The van der Waals surface area contributed by atoms with E-state index < -0.39 is 67.4 Å². The number of nitrogens with one attached hydrogen (secondary N) is 1. The molecule has 0 spiro atoms. The van der Waals surface area contributed by atoms with Gasteiger partial charge in [-0.15, -0.1) is 0 Å². The lowest BCUT2D eigenvalue weighted by Crippen LogP contribution is -2.61. The van der Waals surface area contributed by atoms with E-state index in [9.17, 15) is 35.1 Å². The quantitative estimate of drug-likeness (QED) is 0.0195. The summed E-state index contributed by atoms with van der Waals surface area (Å²) in [6, 6.07) is -1.02. The van der Waals surface area contributed by atoms with Gasteiger partial charge in [0.25, 0.3) is 0 Å². The van der Waals surface area contributed by atoms with Crippen LogP contribution in [-0.4, -0.2) is 99.6 Å². The Labute approximate surface area is 523 Å². The molecular weight excluding hydrogens is 1060 g/mol. The molecule has 1 heterocycles. The second-order valence-electron chi connectivity index (χ2n) is 25.3. The van der Waals surface area contributed by atoms with Crippen LogP contribution in [0.25, 0.3) is 0 Å². The average Bonchev–Trinajstić information content (AvgIpc) is 2.49. The van der Waals surface area contributed by atoms with Gasteiger partial charge in [-0.2, -0.15) is 0 Å².